The van der Waals surface area contributed by atoms with E-state index in [1.54, 1.807) is 0 Å². The maximum Gasteiger partial charge on any atom is 0.408 e. The van der Waals surface area contributed by atoms with Crippen molar-refractivity contribution in [1.82, 2.24) is 0 Å². The van der Waals surface area contributed by atoms with Crippen molar-refractivity contribution in [3.63, 3.8) is 0 Å². The van der Waals surface area contributed by atoms with Crippen LogP contribution in [0, 0.1) is 0 Å². The molecule has 2 nitrogen and oxygen atoms in total. The molecule has 1 atom stereocenters. The molecule has 6 heteroatoms. The Hall–Kier alpha value is -0.0000000000000000555. The molecule has 10 heavy (non-hydrogen) atoms. The largest absolute Gasteiger partial charge is 0.408 e. The third kappa shape index (κ3) is 2.72. The molecule has 0 radical (unpaired) electrons. The highest BCUT2D eigenvalue weighted by atomic mass is 35.5. The van der Waals surface area contributed by atoms with Gasteiger partial charge in [0, 0.05) is 0 Å². The molecule has 0 aliphatic heterocycles. The predicted molar refractivity (Wildman–Crippen MR) is 33.0 cm³/mol. The molecule has 0 aliphatic rings. The zero-order valence-corrected chi connectivity index (χ0v) is 6.09. The standard InChI is InChI=1S/C4H8F3NO.ClH/c1-3(8,2-9)4(5,6)7;/h9H,2,8H2,1H3;1H/t3-;/m0./s1. The number of aliphatic hydroxyl groups is 1. The zero-order valence-electron chi connectivity index (χ0n) is 5.27. The lowest BCUT2D eigenvalue weighted by Gasteiger charge is -2.24. The van der Waals surface area contributed by atoms with Crippen molar-refractivity contribution >= 4 is 12.4 Å². The Morgan fingerprint density at radius 1 is 1.40 bits per heavy atom. The van der Waals surface area contributed by atoms with E-state index < -0.39 is 18.3 Å². The summed E-state index contributed by atoms with van der Waals surface area (Å²) in [4.78, 5) is 0. The second kappa shape index (κ2) is 3.41. The van der Waals surface area contributed by atoms with Gasteiger partial charge in [0.1, 0.15) is 5.54 Å². The van der Waals surface area contributed by atoms with E-state index in [0.29, 0.717) is 0 Å². The van der Waals surface area contributed by atoms with Crippen LogP contribution in [0.5, 0.6) is 0 Å². The molecule has 0 aromatic rings. The highest BCUT2D eigenvalue weighted by Crippen LogP contribution is 2.26. The number of nitrogens with two attached hydrogens (primary N) is 1. The summed E-state index contributed by atoms with van der Waals surface area (Å²) in [7, 11) is 0. The first-order valence-corrected chi connectivity index (χ1v) is 2.28. The number of rotatable bonds is 1. The van der Waals surface area contributed by atoms with Crippen LogP contribution in [0.2, 0.25) is 0 Å². The Bertz CT molecular complexity index is 103. The lowest BCUT2D eigenvalue weighted by molar-refractivity contribution is -0.189. The number of hydrogen-bond donors (Lipinski definition) is 2. The fourth-order valence-corrected chi connectivity index (χ4v) is 0.0896. The minimum Gasteiger partial charge on any atom is -0.394 e. The number of alkyl halides is 3. The Morgan fingerprint density at radius 3 is 1.70 bits per heavy atom. The van der Waals surface area contributed by atoms with Gasteiger partial charge in [-0.1, -0.05) is 0 Å². The first kappa shape index (κ1) is 12.7. The van der Waals surface area contributed by atoms with Crippen LogP contribution in [-0.2, 0) is 0 Å². The quantitative estimate of drug-likeness (QED) is 0.622. The molecule has 0 aliphatic carbocycles. The van der Waals surface area contributed by atoms with Crippen LogP contribution < -0.4 is 5.73 Å². The molecule has 0 fully saturated rings. The smallest absolute Gasteiger partial charge is 0.394 e. The van der Waals surface area contributed by atoms with Crippen molar-refractivity contribution in [3.8, 4) is 0 Å². The van der Waals surface area contributed by atoms with E-state index in [0.717, 1.165) is 6.92 Å². The van der Waals surface area contributed by atoms with Gasteiger partial charge in [-0.05, 0) is 6.92 Å². The van der Waals surface area contributed by atoms with Crippen molar-refractivity contribution in [1.29, 1.82) is 0 Å². The number of hydrogen-bond acceptors (Lipinski definition) is 2. The van der Waals surface area contributed by atoms with Gasteiger partial charge in [-0.15, -0.1) is 12.4 Å². The van der Waals surface area contributed by atoms with Crippen LogP contribution in [0.15, 0.2) is 0 Å². The van der Waals surface area contributed by atoms with Gasteiger partial charge in [-0.25, -0.2) is 0 Å². The molecule has 3 N–H and O–H groups in total. The van der Waals surface area contributed by atoms with Crippen LogP contribution in [0.25, 0.3) is 0 Å². The van der Waals surface area contributed by atoms with Crippen molar-refractivity contribution in [2.24, 2.45) is 5.73 Å². The average Bonchev–Trinajstić information content (AvgIpc) is 1.64. The van der Waals surface area contributed by atoms with E-state index in [1.165, 1.54) is 0 Å². The van der Waals surface area contributed by atoms with Crippen LogP contribution in [0.3, 0.4) is 0 Å². The van der Waals surface area contributed by atoms with Gasteiger partial charge in [0.2, 0.25) is 0 Å². The van der Waals surface area contributed by atoms with Crippen molar-refractivity contribution in [2.75, 3.05) is 6.61 Å². The lowest BCUT2D eigenvalue weighted by atomic mass is 10.1. The van der Waals surface area contributed by atoms with Crippen molar-refractivity contribution in [2.45, 2.75) is 18.6 Å². The minimum atomic E-state index is -4.53. The summed E-state index contributed by atoms with van der Waals surface area (Å²) in [5.41, 5.74) is 2.15. The highest BCUT2D eigenvalue weighted by molar-refractivity contribution is 5.85. The van der Waals surface area contributed by atoms with Crippen LogP contribution in [0.4, 0.5) is 13.2 Å². The van der Waals surface area contributed by atoms with Gasteiger partial charge in [0.15, 0.2) is 0 Å². The van der Waals surface area contributed by atoms with E-state index in [2.05, 4.69) is 5.73 Å². The molecule has 0 spiro atoms. The van der Waals surface area contributed by atoms with E-state index in [9.17, 15) is 13.2 Å². The minimum absolute atomic E-state index is 0. The average molecular weight is 180 g/mol. The molecule has 0 amide bonds. The van der Waals surface area contributed by atoms with Crippen LogP contribution in [0.1, 0.15) is 6.92 Å². The summed E-state index contributed by atoms with van der Waals surface area (Å²) < 4.78 is 34.6. The van der Waals surface area contributed by atoms with E-state index >= 15 is 0 Å². The van der Waals surface area contributed by atoms with Crippen LogP contribution >= 0.6 is 12.4 Å². The number of halogens is 4. The third-order valence-corrected chi connectivity index (χ3v) is 0.976. The van der Waals surface area contributed by atoms with E-state index in [4.69, 9.17) is 5.11 Å². The lowest BCUT2D eigenvalue weighted by Crippen LogP contribution is -2.53. The summed E-state index contributed by atoms with van der Waals surface area (Å²) in [5.74, 6) is 0. The third-order valence-electron chi connectivity index (χ3n) is 0.976. The Balaban J connectivity index is 0. The summed E-state index contributed by atoms with van der Waals surface area (Å²) in [5, 5.41) is 8.08. The molecule has 0 rings (SSSR count). The van der Waals surface area contributed by atoms with Crippen LogP contribution in [-0.4, -0.2) is 23.4 Å². The molecule has 0 aromatic carbocycles. The van der Waals surface area contributed by atoms with Gasteiger partial charge >= 0.3 is 6.18 Å². The van der Waals surface area contributed by atoms with Gasteiger partial charge in [0.05, 0.1) is 6.61 Å². The maximum absolute atomic E-state index is 11.5. The second-order valence-electron chi connectivity index (χ2n) is 2.07. The summed E-state index contributed by atoms with van der Waals surface area (Å²) in [6.45, 7) is -0.358. The highest BCUT2D eigenvalue weighted by Gasteiger charge is 2.47. The SMILES string of the molecule is C[C@](N)(CO)C(F)(F)F.Cl. The van der Waals surface area contributed by atoms with E-state index in [1.807, 2.05) is 0 Å². The fraction of sp³-hybridized carbons (Fsp3) is 1.00. The van der Waals surface area contributed by atoms with E-state index in [-0.39, 0.29) is 12.4 Å². The Kier molecular flexibility index (Phi) is 4.31. The van der Waals surface area contributed by atoms with Gasteiger partial charge < -0.3 is 10.8 Å². The zero-order chi connectivity index (χ0) is 7.71. The number of aliphatic hydroxyl groups excluding tert-OH is 1. The van der Waals surface area contributed by atoms with Gasteiger partial charge in [0.25, 0.3) is 0 Å². The summed E-state index contributed by atoms with van der Waals surface area (Å²) >= 11 is 0. The predicted octanol–water partition coefficient (Wildman–Crippen LogP) is 0.680. The summed E-state index contributed by atoms with van der Waals surface area (Å²) in [6.07, 6.45) is -4.53. The molecule has 0 aromatic heterocycles. The molecule has 0 saturated carbocycles. The first-order valence-electron chi connectivity index (χ1n) is 2.28. The normalized spacial score (nSPS) is 17.4. The first-order chi connectivity index (χ1) is 3.81. The van der Waals surface area contributed by atoms with Gasteiger partial charge in [-0.2, -0.15) is 13.2 Å². The Labute approximate surface area is 62.6 Å². The molecular weight excluding hydrogens is 170 g/mol. The van der Waals surface area contributed by atoms with Crippen molar-refractivity contribution in [3.05, 3.63) is 0 Å². The van der Waals surface area contributed by atoms with Gasteiger partial charge in [-0.3, -0.25) is 0 Å². The fourth-order valence-electron chi connectivity index (χ4n) is 0.0896. The topological polar surface area (TPSA) is 46.2 Å². The molecule has 0 bridgehead atoms. The maximum atomic E-state index is 11.5. The van der Waals surface area contributed by atoms with Crippen molar-refractivity contribution < 1.29 is 18.3 Å². The summed E-state index contributed by atoms with van der Waals surface area (Å²) in [6, 6.07) is 0. The molecule has 0 heterocycles. The molecule has 0 saturated heterocycles. The second-order valence-corrected chi connectivity index (χ2v) is 2.07. The molecule has 64 valence electrons. The molecular formula is C4H9ClF3NO. The Morgan fingerprint density at radius 2 is 1.70 bits per heavy atom. The monoisotopic (exact) mass is 179 g/mol. The molecule has 0 unspecified atom stereocenters.